The van der Waals surface area contributed by atoms with Gasteiger partial charge in [-0.3, -0.25) is 4.31 Å². The van der Waals surface area contributed by atoms with Gasteiger partial charge < -0.3 is 0 Å². The number of hydrogen-bond acceptors (Lipinski definition) is 2. The summed E-state index contributed by atoms with van der Waals surface area (Å²) in [6.07, 6.45) is 0. The molecule has 0 heterocycles. The number of anilines is 1. The van der Waals surface area contributed by atoms with Crippen LogP contribution in [0.2, 0.25) is 0 Å². The summed E-state index contributed by atoms with van der Waals surface area (Å²) in [4.78, 5) is 0.280. The summed E-state index contributed by atoms with van der Waals surface area (Å²) < 4.78 is 26.0. The molecule has 18 heavy (non-hydrogen) atoms. The molecule has 2 rings (SSSR count). The monoisotopic (exact) mass is 260 g/mol. The maximum atomic E-state index is 12.3. The van der Waals surface area contributed by atoms with E-state index >= 15 is 0 Å². The fourth-order valence-corrected chi connectivity index (χ4v) is 2.85. The van der Waals surface area contributed by atoms with Crippen molar-refractivity contribution in [1.82, 2.24) is 0 Å². The molecule has 2 aromatic carbocycles. The van der Waals surface area contributed by atoms with Crippen molar-refractivity contribution in [2.45, 2.75) is 4.90 Å². The van der Waals surface area contributed by atoms with Crippen molar-refractivity contribution in [3.8, 4) is 0 Å². The topological polar surface area (TPSA) is 37.4 Å². The zero-order valence-electron chi connectivity index (χ0n) is 10.1. The second kappa shape index (κ2) is 4.82. The standard InChI is InChI=1S/C14H14NO2S/c1-12-7-6-8-13(11-12)15(2)18(16,17)14-9-4-3-5-10-14/h3-11H,1H2,2H3. The highest BCUT2D eigenvalue weighted by Crippen LogP contribution is 2.22. The number of hydrogen-bond donors (Lipinski definition) is 0. The van der Waals surface area contributed by atoms with Crippen LogP contribution in [-0.4, -0.2) is 15.5 Å². The highest BCUT2D eigenvalue weighted by atomic mass is 32.2. The van der Waals surface area contributed by atoms with Crippen LogP contribution in [0.4, 0.5) is 5.69 Å². The molecule has 0 spiro atoms. The molecule has 1 radical (unpaired) electrons. The molecule has 0 saturated carbocycles. The van der Waals surface area contributed by atoms with Crippen LogP contribution in [0.15, 0.2) is 59.5 Å². The Morgan fingerprint density at radius 1 is 1.00 bits per heavy atom. The molecule has 0 bridgehead atoms. The predicted molar refractivity (Wildman–Crippen MR) is 72.9 cm³/mol. The Balaban J connectivity index is 2.43. The third-order valence-electron chi connectivity index (χ3n) is 2.68. The molecule has 0 atom stereocenters. The lowest BCUT2D eigenvalue weighted by Gasteiger charge is -2.19. The maximum Gasteiger partial charge on any atom is 0.264 e. The first-order valence-electron chi connectivity index (χ1n) is 5.48. The quantitative estimate of drug-likeness (QED) is 0.851. The van der Waals surface area contributed by atoms with E-state index in [1.165, 1.54) is 11.4 Å². The molecule has 0 aliphatic rings. The zero-order chi connectivity index (χ0) is 13.2. The molecule has 0 aliphatic heterocycles. The van der Waals surface area contributed by atoms with Crippen molar-refractivity contribution >= 4 is 15.7 Å². The first-order chi connectivity index (χ1) is 8.51. The Morgan fingerprint density at radius 3 is 2.28 bits per heavy atom. The SMILES string of the molecule is [CH2]c1cccc(N(C)S(=O)(=O)c2ccccc2)c1. The molecular formula is C14H14NO2S. The lowest BCUT2D eigenvalue weighted by atomic mass is 10.2. The number of nitrogens with zero attached hydrogens (tertiary/aromatic N) is 1. The molecule has 2 aromatic rings. The van der Waals surface area contributed by atoms with Gasteiger partial charge in [-0.1, -0.05) is 30.3 Å². The van der Waals surface area contributed by atoms with Gasteiger partial charge in [0.25, 0.3) is 10.0 Å². The molecule has 3 nitrogen and oxygen atoms in total. The molecule has 0 N–H and O–H groups in total. The van der Waals surface area contributed by atoms with Gasteiger partial charge in [-0.15, -0.1) is 0 Å². The molecule has 93 valence electrons. The third kappa shape index (κ3) is 2.38. The Labute approximate surface area is 108 Å². The van der Waals surface area contributed by atoms with Gasteiger partial charge >= 0.3 is 0 Å². The van der Waals surface area contributed by atoms with Crippen molar-refractivity contribution in [2.24, 2.45) is 0 Å². The summed E-state index contributed by atoms with van der Waals surface area (Å²) in [6.45, 7) is 3.80. The highest BCUT2D eigenvalue weighted by Gasteiger charge is 2.20. The molecule has 0 fully saturated rings. The highest BCUT2D eigenvalue weighted by molar-refractivity contribution is 7.92. The van der Waals surface area contributed by atoms with E-state index in [-0.39, 0.29) is 4.90 Å². The molecular weight excluding hydrogens is 246 g/mol. The van der Waals surface area contributed by atoms with E-state index < -0.39 is 10.0 Å². The van der Waals surface area contributed by atoms with Gasteiger partial charge in [0, 0.05) is 7.05 Å². The number of sulfonamides is 1. The average Bonchev–Trinajstić information content (AvgIpc) is 2.39. The van der Waals surface area contributed by atoms with Gasteiger partial charge in [0.15, 0.2) is 0 Å². The molecule has 0 saturated heterocycles. The predicted octanol–water partition coefficient (Wildman–Crippen LogP) is 2.69. The first-order valence-corrected chi connectivity index (χ1v) is 6.92. The van der Waals surface area contributed by atoms with Gasteiger partial charge in [0.1, 0.15) is 0 Å². The largest absolute Gasteiger partial charge is 0.269 e. The van der Waals surface area contributed by atoms with Crippen LogP contribution < -0.4 is 4.31 Å². The van der Waals surface area contributed by atoms with E-state index in [0.717, 1.165) is 5.56 Å². The van der Waals surface area contributed by atoms with Crippen molar-refractivity contribution < 1.29 is 8.42 Å². The Hall–Kier alpha value is -1.81. The second-order valence-electron chi connectivity index (χ2n) is 3.96. The van der Waals surface area contributed by atoms with Crippen LogP contribution >= 0.6 is 0 Å². The zero-order valence-corrected chi connectivity index (χ0v) is 10.9. The third-order valence-corrected chi connectivity index (χ3v) is 4.48. The van der Waals surface area contributed by atoms with Crippen molar-refractivity contribution in [1.29, 1.82) is 0 Å². The molecule has 0 aromatic heterocycles. The molecule has 0 unspecified atom stereocenters. The van der Waals surface area contributed by atoms with Crippen LogP contribution in [0.25, 0.3) is 0 Å². The Kier molecular flexibility index (Phi) is 3.39. The summed E-state index contributed by atoms with van der Waals surface area (Å²) in [6, 6.07) is 15.5. The first kappa shape index (κ1) is 12.6. The van der Waals surface area contributed by atoms with E-state index in [2.05, 4.69) is 6.92 Å². The lowest BCUT2D eigenvalue weighted by molar-refractivity contribution is 0.594. The van der Waals surface area contributed by atoms with Crippen LogP contribution in [0.5, 0.6) is 0 Å². The van der Waals surface area contributed by atoms with E-state index in [1.807, 2.05) is 6.07 Å². The van der Waals surface area contributed by atoms with Gasteiger partial charge in [-0.25, -0.2) is 8.42 Å². The van der Waals surface area contributed by atoms with E-state index in [0.29, 0.717) is 5.69 Å². The summed E-state index contributed by atoms with van der Waals surface area (Å²) in [5.41, 5.74) is 1.38. The van der Waals surface area contributed by atoms with Gasteiger partial charge in [0.2, 0.25) is 0 Å². The maximum absolute atomic E-state index is 12.3. The average molecular weight is 260 g/mol. The lowest BCUT2D eigenvalue weighted by Crippen LogP contribution is -2.26. The summed E-state index contributed by atoms with van der Waals surface area (Å²) in [5.74, 6) is 0. The fourth-order valence-electron chi connectivity index (χ4n) is 1.64. The van der Waals surface area contributed by atoms with Gasteiger partial charge in [0.05, 0.1) is 10.6 Å². The minimum Gasteiger partial charge on any atom is -0.269 e. The summed E-state index contributed by atoms with van der Waals surface area (Å²) in [5, 5.41) is 0. The normalized spacial score (nSPS) is 11.2. The van der Waals surface area contributed by atoms with Crippen LogP contribution in [0, 0.1) is 6.92 Å². The van der Waals surface area contributed by atoms with Crippen LogP contribution in [0.1, 0.15) is 5.56 Å². The number of benzene rings is 2. The molecule has 4 heteroatoms. The summed E-state index contributed by atoms with van der Waals surface area (Å²) in [7, 11) is -1.96. The Morgan fingerprint density at radius 2 is 1.67 bits per heavy atom. The minimum absolute atomic E-state index is 0.280. The van der Waals surface area contributed by atoms with Crippen molar-refractivity contribution in [3.05, 3.63) is 67.1 Å². The second-order valence-corrected chi connectivity index (χ2v) is 5.92. The van der Waals surface area contributed by atoms with Gasteiger partial charge in [-0.2, -0.15) is 0 Å². The Bertz CT molecular complexity index is 636. The van der Waals surface area contributed by atoms with E-state index in [4.69, 9.17) is 0 Å². The minimum atomic E-state index is -3.50. The molecule has 0 amide bonds. The molecule has 0 aliphatic carbocycles. The smallest absolute Gasteiger partial charge is 0.264 e. The summed E-state index contributed by atoms with van der Waals surface area (Å²) >= 11 is 0. The van der Waals surface area contributed by atoms with Crippen LogP contribution in [-0.2, 0) is 10.0 Å². The van der Waals surface area contributed by atoms with E-state index in [1.54, 1.807) is 48.5 Å². The fraction of sp³-hybridized carbons (Fsp3) is 0.0714. The van der Waals surface area contributed by atoms with Crippen molar-refractivity contribution in [3.63, 3.8) is 0 Å². The van der Waals surface area contributed by atoms with E-state index in [9.17, 15) is 8.42 Å². The van der Waals surface area contributed by atoms with Gasteiger partial charge in [-0.05, 0) is 36.8 Å². The van der Waals surface area contributed by atoms with Crippen LogP contribution in [0.3, 0.4) is 0 Å². The van der Waals surface area contributed by atoms with Crippen molar-refractivity contribution in [2.75, 3.05) is 11.4 Å². The number of rotatable bonds is 3.